The van der Waals surface area contributed by atoms with Gasteiger partial charge in [-0.2, -0.15) is 0 Å². The van der Waals surface area contributed by atoms with Crippen molar-refractivity contribution in [2.75, 3.05) is 33.5 Å². The highest BCUT2D eigenvalue weighted by Crippen LogP contribution is 2.56. The van der Waals surface area contributed by atoms with E-state index in [0.29, 0.717) is 26.4 Å². The fourth-order valence-electron chi connectivity index (χ4n) is 5.38. The number of methoxy groups -OCH3 is 1. The van der Waals surface area contributed by atoms with Gasteiger partial charge in [-0.05, 0) is 84.3 Å². The van der Waals surface area contributed by atoms with Crippen molar-refractivity contribution in [3.63, 3.8) is 0 Å². The second kappa shape index (κ2) is 14.0. The molecule has 0 aromatic heterocycles. The van der Waals surface area contributed by atoms with E-state index in [2.05, 4.69) is 139 Å². The Balaban J connectivity index is 0.000000952. The molecule has 4 heteroatoms. The van der Waals surface area contributed by atoms with Gasteiger partial charge in [-0.25, -0.2) is 0 Å². The highest BCUT2D eigenvalue weighted by molar-refractivity contribution is 5.86. The van der Waals surface area contributed by atoms with E-state index in [0.717, 1.165) is 17.4 Å². The van der Waals surface area contributed by atoms with Gasteiger partial charge in [0.2, 0.25) is 0 Å². The van der Waals surface area contributed by atoms with Crippen LogP contribution in [-0.4, -0.2) is 39.1 Å². The van der Waals surface area contributed by atoms with Gasteiger partial charge < -0.3 is 18.9 Å². The lowest BCUT2D eigenvalue weighted by Crippen LogP contribution is -2.28. The molecule has 4 aromatic rings. The minimum Gasteiger partial charge on any atom is -0.491 e. The van der Waals surface area contributed by atoms with Crippen LogP contribution < -0.4 is 9.47 Å². The van der Waals surface area contributed by atoms with Gasteiger partial charge in [-0.1, -0.05) is 93.6 Å². The molecule has 0 heterocycles. The van der Waals surface area contributed by atoms with Crippen LogP contribution in [0.25, 0.3) is 11.1 Å². The molecule has 0 fully saturated rings. The van der Waals surface area contributed by atoms with E-state index < -0.39 is 5.41 Å². The molecule has 0 saturated heterocycles. The van der Waals surface area contributed by atoms with Gasteiger partial charge in [0.15, 0.2) is 0 Å². The Morgan fingerprint density at radius 2 is 0.976 bits per heavy atom. The molecule has 42 heavy (non-hydrogen) atoms. The highest BCUT2D eigenvalue weighted by Gasteiger charge is 2.45. The minimum absolute atomic E-state index is 0.173. The molecule has 4 nitrogen and oxygen atoms in total. The molecule has 4 aromatic carbocycles. The van der Waals surface area contributed by atoms with Crippen molar-refractivity contribution < 1.29 is 18.9 Å². The normalized spacial score (nSPS) is 13.1. The molecule has 1 aliphatic rings. The molecule has 0 bridgehead atoms. The average Bonchev–Trinajstić information content (AvgIpc) is 3.27. The van der Waals surface area contributed by atoms with Gasteiger partial charge in [0.05, 0.1) is 24.2 Å². The number of fused-ring (bicyclic) bond motifs is 3. The largest absolute Gasteiger partial charge is 0.491 e. The van der Waals surface area contributed by atoms with Crippen LogP contribution in [0.2, 0.25) is 0 Å². The zero-order valence-corrected chi connectivity index (χ0v) is 26.3. The molecule has 5 rings (SSSR count). The maximum absolute atomic E-state index is 6.01. The Kier molecular flexibility index (Phi) is 10.5. The van der Waals surface area contributed by atoms with E-state index in [-0.39, 0.29) is 5.60 Å². The third-order valence-electron chi connectivity index (χ3n) is 6.97. The summed E-state index contributed by atoms with van der Waals surface area (Å²) in [5.41, 5.74) is 6.86. The molecule has 0 radical (unpaired) electrons. The van der Waals surface area contributed by atoms with Crippen LogP contribution in [-0.2, 0) is 14.9 Å². The molecule has 0 saturated carbocycles. The summed E-state index contributed by atoms with van der Waals surface area (Å²) in [5, 5.41) is 0. The van der Waals surface area contributed by atoms with Crippen molar-refractivity contribution in [2.45, 2.75) is 52.6 Å². The predicted octanol–water partition coefficient (Wildman–Crippen LogP) is 8.93. The summed E-state index contributed by atoms with van der Waals surface area (Å²) in [6.45, 7) is 14.8. The fourth-order valence-corrected chi connectivity index (χ4v) is 5.38. The van der Waals surface area contributed by atoms with Gasteiger partial charge in [-0.3, -0.25) is 0 Å². The number of hydrogen-bond donors (Lipinski definition) is 0. The fraction of sp³-hybridized carbons (Fsp3) is 0.368. The van der Waals surface area contributed by atoms with Crippen molar-refractivity contribution in [3.05, 3.63) is 119 Å². The van der Waals surface area contributed by atoms with Crippen molar-refractivity contribution in [2.24, 2.45) is 5.92 Å². The van der Waals surface area contributed by atoms with Crippen molar-refractivity contribution >= 4 is 0 Å². The zero-order valence-electron chi connectivity index (χ0n) is 26.3. The summed E-state index contributed by atoms with van der Waals surface area (Å²) in [5.74, 6) is 2.50. The second-order valence-electron chi connectivity index (χ2n) is 12.3. The van der Waals surface area contributed by atoms with E-state index >= 15 is 0 Å². The molecule has 0 amide bonds. The SMILES string of the molecule is CC(C)C.COCCOc1ccc(C2(c3ccc(OCCOC(C)(C)C)cc3)c3ccccc3-c3ccccc32)cc1. The lowest BCUT2D eigenvalue weighted by atomic mass is 9.68. The first-order valence-electron chi connectivity index (χ1n) is 15.0. The lowest BCUT2D eigenvalue weighted by molar-refractivity contribution is -0.0163. The summed E-state index contributed by atoms with van der Waals surface area (Å²) >= 11 is 0. The highest BCUT2D eigenvalue weighted by atomic mass is 16.5. The number of hydrogen-bond acceptors (Lipinski definition) is 4. The first kappa shape index (κ1) is 31.3. The minimum atomic E-state index is -0.452. The second-order valence-corrected chi connectivity index (χ2v) is 12.3. The van der Waals surface area contributed by atoms with Crippen molar-refractivity contribution in [3.8, 4) is 22.6 Å². The molecule has 0 atom stereocenters. The Morgan fingerprint density at radius 1 is 0.571 bits per heavy atom. The lowest BCUT2D eigenvalue weighted by Gasteiger charge is -2.34. The first-order valence-corrected chi connectivity index (χ1v) is 15.0. The van der Waals surface area contributed by atoms with Gasteiger partial charge in [0.1, 0.15) is 24.7 Å². The smallest absolute Gasteiger partial charge is 0.119 e. The Bertz CT molecular complexity index is 1350. The average molecular weight is 567 g/mol. The summed E-state index contributed by atoms with van der Waals surface area (Å²) in [6, 6.07) is 34.5. The third kappa shape index (κ3) is 7.24. The Labute approximate surface area is 252 Å². The molecule has 1 aliphatic carbocycles. The van der Waals surface area contributed by atoms with Gasteiger partial charge in [0, 0.05) is 7.11 Å². The maximum atomic E-state index is 6.01. The van der Waals surface area contributed by atoms with Crippen molar-refractivity contribution in [1.29, 1.82) is 0 Å². The van der Waals surface area contributed by atoms with E-state index in [9.17, 15) is 0 Å². The van der Waals surface area contributed by atoms with E-state index in [1.165, 1.54) is 33.4 Å². The molecular formula is C38H46O4. The summed E-state index contributed by atoms with van der Waals surface area (Å²) in [4.78, 5) is 0. The Morgan fingerprint density at radius 3 is 1.38 bits per heavy atom. The molecular weight excluding hydrogens is 520 g/mol. The number of benzene rings is 4. The molecule has 0 N–H and O–H groups in total. The molecule has 0 aliphatic heterocycles. The van der Waals surface area contributed by atoms with Gasteiger partial charge >= 0.3 is 0 Å². The summed E-state index contributed by atoms with van der Waals surface area (Å²) in [7, 11) is 1.68. The number of ether oxygens (including phenoxy) is 4. The van der Waals surface area contributed by atoms with Crippen LogP contribution in [0.15, 0.2) is 97.1 Å². The van der Waals surface area contributed by atoms with Crippen LogP contribution in [0.5, 0.6) is 11.5 Å². The van der Waals surface area contributed by atoms with E-state index in [1.807, 2.05) is 0 Å². The predicted molar refractivity (Wildman–Crippen MR) is 173 cm³/mol. The van der Waals surface area contributed by atoms with Gasteiger partial charge in [-0.15, -0.1) is 0 Å². The van der Waals surface area contributed by atoms with Crippen LogP contribution in [0.1, 0.15) is 63.8 Å². The summed E-state index contributed by atoms with van der Waals surface area (Å²) in [6.07, 6.45) is 0. The Hall–Kier alpha value is -3.60. The third-order valence-corrected chi connectivity index (χ3v) is 6.97. The van der Waals surface area contributed by atoms with E-state index in [1.54, 1.807) is 7.11 Å². The molecule has 0 spiro atoms. The van der Waals surface area contributed by atoms with Crippen molar-refractivity contribution in [1.82, 2.24) is 0 Å². The quantitative estimate of drug-likeness (QED) is 0.158. The van der Waals surface area contributed by atoms with Gasteiger partial charge in [0.25, 0.3) is 0 Å². The van der Waals surface area contributed by atoms with Crippen LogP contribution in [0.4, 0.5) is 0 Å². The monoisotopic (exact) mass is 566 g/mol. The first-order chi connectivity index (χ1) is 20.2. The molecule has 0 unspecified atom stereocenters. The molecule has 222 valence electrons. The van der Waals surface area contributed by atoms with E-state index in [4.69, 9.17) is 18.9 Å². The van der Waals surface area contributed by atoms with Crippen LogP contribution in [0.3, 0.4) is 0 Å². The standard InChI is InChI=1S/C34H36O4.C4H10/c1-33(2,3)38-24-23-37-28-19-15-26(16-20-28)34(25-13-17-27(18-14-25)36-22-21-35-4)31-11-7-5-9-29(31)30-10-6-8-12-32(30)34;1-4(2)3/h5-20H,21-24H2,1-4H3;4H,1-3H3. The van der Waals surface area contributed by atoms with Crippen LogP contribution >= 0.6 is 0 Å². The number of rotatable bonds is 10. The maximum Gasteiger partial charge on any atom is 0.119 e. The van der Waals surface area contributed by atoms with Crippen LogP contribution in [0, 0.1) is 5.92 Å². The zero-order chi connectivity index (χ0) is 30.2. The summed E-state index contributed by atoms with van der Waals surface area (Å²) < 4.78 is 22.8. The topological polar surface area (TPSA) is 36.9 Å².